The molecule has 218 valence electrons. The second-order valence-corrected chi connectivity index (χ2v) is 10.2. The smallest absolute Gasteiger partial charge is 0.338 e. The van der Waals surface area contributed by atoms with E-state index in [-0.39, 0.29) is 18.4 Å². The summed E-state index contributed by atoms with van der Waals surface area (Å²) in [6.45, 7) is 4.27. The largest absolute Gasteiger partial charge is 0.494 e. The zero-order chi connectivity index (χ0) is 29.8. The molecule has 0 atom stereocenters. The predicted molar refractivity (Wildman–Crippen MR) is 161 cm³/mol. The predicted octanol–water partition coefficient (Wildman–Crippen LogP) is 4.62. The molecule has 2 N–H and O–H groups in total. The Morgan fingerprint density at radius 2 is 1.60 bits per heavy atom. The minimum absolute atomic E-state index is 0.0777. The number of carbonyl (C=O) groups excluding carboxylic acids is 2. The highest BCUT2D eigenvalue weighted by molar-refractivity contribution is 6.22. The standard InChI is InChI=1S/C32H34N4O6/c1-5-40-32(39)22-8-12-24-25(18-22)34-30(37)28(24)29(21-9-13-26-27(19-21)42-17-16-41-26)33-23-10-6-20(7-11-23)31(38)36(4)15-14-35(2)3/h6-13,18-19,34,37H,5,14-17H2,1-4H3. The van der Waals surface area contributed by atoms with E-state index in [0.717, 1.165) is 6.54 Å². The third-order valence-corrected chi connectivity index (χ3v) is 6.93. The normalized spacial score (nSPS) is 12.9. The summed E-state index contributed by atoms with van der Waals surface area (Å²) in [5.41, 5.74) is 3.68. The molecule has 2 heterocycles. The van der Waals surface area contributed by atoms with E-state index in [4.69, 9.17) is 19.2 Å². The van der Waals surface area contributed by atoms with Crippen LogP contribution in [0.2, 0.25) is 0 Å². The average molecular weight is 571 g/mol. The summed E-state index contributed by atoms with van der Waals surface area (Å²) in [7, 11) is 5.72. The Labute approximate surface area is 244 Å². The molecule has 0 unspecified atom stereocenters. The molecule has 0 aliphatic carbocycles. The van der Waals surface area contributed by atoms with Crippen molar-refractivity contribution in [1.82, 2.24) is 14.8 Å². The molecule has 0 saturated carbocycles. The quantitative estimate of drug-likeness (QED) is 0.223. The molecule has 0 saturated heterocycles. The summed E-state index contributed by atoms with van der Waals surface area (Å²) in [5.74, 6) is 0.586. The number of hydrogen-bond donors (Lipinski definition) is 2. The zero-order valence-electron chi connectivity index (χ0n) is 24.1. The maximum atomic E-state index is 12.9. The number of ether oxygens (including phenoxy) is 3. The van der Waals surface area contributed by atoms with Crippen LogP contribution in [-0.2, 0) is 4.74 Å². The number of aromatic amines is 1. The van der Waals surface area contributed by atoms with Gasteiger partial charge in [-0.05, 0) is 75.6 Å². The van der Waals surface area contributed by atoms with Crippen molar-refractivity contribution in [2.45, 2.75) is 6.92 Å². The molecule has 42 heavy (non-hydrogen) atoms. The monoisotopic (exact) mass is 570 g/mol. The van der Waals surface area contributed by atoms with E-state index < -0.39 is 5.97 Å². The SMILES string of the molecule is CCOC(=O)c1ccc2c(C(=Nc3ccc(C(=O)N(C)CCN(C)C)cc3)c3ccc4c(c3)OCCO4)c(O)[nH]c2c1. The molecule has 0 bridgehead atoms. The number of rotatable bonds is 9. The molecule has 1 aromatic heterocycles. The van der Waals surface area contributed by atoms with Gasteiger partial charge in [-0.15, -0.1) is 0 Å². The topological polar surface area (TPSA) is 117 Å². The first kappa shape index (κ1) is 28.7. The van der Waals surface area contributed by atoms with Gasteiger partial charge in [0.15, 0.2) is 17.4 Å². The van der Waals surface area contributed by atoms with E-state index in [0.29, 0.717) is 75.8 Å². The first-order valence-corrected chi connectivity index (χ1v) is 13.8. The molecule has 3 aromatic carbocycles. The van der Waals surface area contributed by atoms with E-state index in [1.807, 2.05) is 37.2 Å². The van der Waals surface area contributed by atoms with E-state index in [1.165, 1.54) is 0 Å². The van der Waals surface area contributed by atoms with Crippen molar-refractivity contribution >= 4 is 34.2 Å². The molecular formula is C32H34N4O6. The van der Waals surface area contributed by atoms with Gasteiger partial charge in [0.1, 0.15) is 13.2 Å². The van der Waals surface area contributed by atoms with Crippen LogP contribution in [0, 0.1) is 0 Å². The summed E-state index contributed by atoms with van der Waals surface area (Å²) in [4.78, 5) is 36.9. The minimum Gasteiger partial charge on any atom is -0.494 e. The third kappa shape index (κ3) is 6.08. The molecule has 5 rings (SSSR count). The van der Waals surface area contributed by atoms with Gasteiger partial charge >= 0.3 is 5.97 Å². The zero-order valence-corrected chi connectivity index (χ0v) is 24.1. The molecular weight excluding hydrogens is 536 g/mol. The number of carbonyl (C=O) groups is 2. The fraction of sp³-hybridized carbons (Fsp3) is 0.281. The fourth-order valence-corrected chi connectivity index (χ4v) is 4.70. The van der Waals surface area contributed by atoms with Gasteiger partial charge in [-0.2, -0.15) is 0 Å². The number of aliphatic imine (C=N–C) groups is 1. The van der Waals surface area contributed by atoms with Crippen LogP contribution in [0.1, 0.15) is 38.8 Å². The lowest BCUT2D eigenvalue weighted by Gasteiger charge is -2.20. The average Bonchev–Trinajstić information content (AvgIpc) is 3.33. The van der Waals surface area contributed by atoms with E-state index in [1.54, 1.807) is 61.3 Å². The molecule has 1 aliphatic heterocycles. The van der Waals surface area contributed by atoms with Gasteiger partial charge in [0.25, 0.3) is 5.91 Å². The minimum atomic E-state index is -0.447. The lowest BCUT2D eigenvalue weighted by molar-refractivity contribution is 0.0526. The van der Waals surface area contributed by atoms with Crippen molar-refractivity contribution in [3.63, 3.8) is 0 Å². The van der Waals surface area contributed by atoms with E-state index >= 15 is 0 Å². The van der Waals surface area contributed by atoms with Gasteiger partial charge in [0.2, 0.25) is 0 Å². The first-order valence-electron chi connectivity index (χ1n) is 13.8. The summed E-state index contributed by atoms with van der Waals surface area (Å²) in [5, 5.41) is 11.8. The molecule has 10 nitrogen and oxygen atoms in total. The highest BCUT2D eigenvalue weighted by atomic mass is 16.6. The number of nitrogens with one attached hydrogen (secondary N) is 1. The lowest BCUT2D eigenvalue weighted by Crippen LogP contribution is -2.33. The van der Waals surface area contributed by atoms with Crippen LogP contribution in [0.3, 0.4) is 0 Å². The van der Waals surface area contributed by atoms with Gasteiger partial charge in [-0.1, -0.05) is 6.07 Å². The van der Waals surface area contributed by atoms with Gasteiger partial charge in [0, 0.05) is 42.2 Å². The number of H-pyrrole nitrogens is 1. The Morgan fingerprint density at radius 3 is 2.31 bits per heavy atom. The summed E-state index contributed by atoms with van der Waals surface area (Å²) >= 11 is 0. The van der Waals surface area contributed by atoms with Crippen molar-refractivity contribution in [1.29, 1.82) is 0 Å². The number of nitrogens with zero attached hydrogens (tertiary/aromatic N) is 3. The van der Waals surface area contributed by atoms with Crippen molar-refractivity contribution < 1.29 is 28.9 Å². The third-order valence-electron chi connectivity index (χ3n) is 6.93. The molecule has 0 spiro atoms. The number of likely N-dealkylation sites (N-methyl/N-ethyl adjacent to an activating group) is 2. The number of aromatic hydroxyl groups is 1. The van der Waals surface area contributed by atoms with Crippen LogP contribution < -0.4 is 9.47 Å². The Hall–Kier alpha value is -4.83. The highest BCUT2D eigenvalue weighted by Gasteiger charge is 2.22. The van der Waals surface area contributed by atoms with Crippen molar-refractivity contribution in [2.75, 3.05) is 54.1 Å². The number of aromatic nitrogens is 1. The van der Waals surface area contributed by atoms with Gasteiger partial charge in [0.05, 0.1) is 29.1 Å². The first-order chi connectivity index (χ1) is 20.2. The molecule has 1 amide bonds. The lowest BCUT2D eigenvalue weighted by atomic mass is 9.99. The number of hydrogen-bond acceptors (Lipinski definition) is 8. The Kier molecular flexibility index (Phi) is 8.44. The maximum Gasteiger partial charge on any atom is 0.338 e. The Bertz CT molecular complexity index is 1640. The van der Waals surface area contributed by atoms with Crippen LogP contribution in [0.5, 0.6) is 17.4 Å². The van der Waals surface area contributed by atoms with Gasteiger partial charge in [-0.3, -0.25) is 4.79 Å². The number of benzene rings is 3. The molecule has 0 radical (unpaired) electrons. The highest BCUT2D eigenvalue weighted by Crippen LogP contribution is 2.36. The number of amides is 1. The van der Waals surface area contributed by atoms with Crippen LogP contribution in [0.15, 0.2) is 65.7 Å². The van der Waals surface area contributed by atoms with Crippen molar-refractivity contribution in [3.8, 4) is 17.4 Å². The van der Waals surface area contributed by atoms with Crippen LogP contribution in [0.4, 0.5) is 5.69 Å². The van der Waals surface area contributed by atoms with Gasteiger partial charge in [-0.25, -0.2) is 9.79 Å². The molecule has 4 aromatic rings. The Morgan fingerprint density at radius 1 is 0.905 bits per heavy atom. The summed E-state index contributed by atoms with van der Waals surface area (Å²) < 4.78 is 16.6. The molecule has 1 aliphatic rings. The number of esters is 1. The second-order valence-electron chi connectivity index (χ2n) is 10.2. The van der Waals surface area contributed by atoms with Gasteiger partial charge < -0.3 is 34.1 Å². The Balaban J connectivity index is 1.56. The number of fused-ring (bicyclic) bond motifs is 2. The summed E-state index contributed by atoms with van der Waals surface area (Å²) in [6, 6.07) is 17.6. The van der Waals surface area contributed by atoms with Crippen LogP contribution >= 0.6 is 0 Å². The fourth-order valence-electron chi connectivity index (χ4n) is 4.70. The van der Waals surface area contributed by atoms with Crippen molar-refractivity contribution in [2.24, 2.45) is 4.99 Å². The summed E-state index contributed by atoms with van der Waals surface area (Å²) in [6.07, 6.45) is 0. The van der Waals surface area contributed by atoms with Crippen molar-refractivity contribution in [3.05, 3.63) is 82.9 Å². The maximum absolute atomic E-state index is 12.9. The van der Waals surface area contributed by atoms with Crippen LogP contribution in [0.25, 0.3) is 10.9 Å². The van der Waals surface area contributed by atoms with E-state index in [2.05, 4.69) is 4.98 Å². The molecule has 0 fully saturated rings. The van der Waals surface area contributed by atoms with E-state index in [9.17, 15) is 14.7 Å². The molecule has 10 heteroatoms. The second kappa shape index (κ2) is 12.4. The van der Waals surface area contributed by atoms with Crippen LogP contribution in [-0.4, -0.2) is 91.5 Å².